The van der Waals surface area contributed by atoms with Crippen LogP contribution in [0.5, 0.6) is 0 Å². The smallest absolute Gasteiger partial charge is 0.462 e. The molecule has 6 atom stereocenters. The second kappa shape index (κ2) is 81.2. The molecule has 19 heteroatoms. The average Bonchev–Trinajstić information content (AvgIpc) is 0.896. The maximum atomic E-state index is 13.2. The van der Waals surface area contributed by atoms with E-state index in [1.54, 1.807) is 0 Å². The predicted octanol–water partition coefficient (Wildman–Crippen LogP) is 27.8. The minimum atomic E-state index is -4.97. The van der Waals surface area contributed by atoms with Crippen LogP contribution in [-0.4, -0.2) is 96.7 Å². The first-order valence-electron chi connectivity index (χ1n) is 46.5. The second-order valence-electron chi connectivity index (χ2n) is 33.1. The van der Waals surface area contributed by atoms with Crippen LogP contribution in [0.3, 0.4) is 0 Å². The molecule has 0 aromatic rings. The Labute approximate surface area is 670 Å². The van der Waals surface area contributed by atoms with Crippen LogP contribution in [0.4, 0.5) is 0 Å². The van der Waals surface area contributed by atoms with Gasteiger partial charge in [-0.15, -0.1) is 0 Å². The molecule has 648 valence electrons. The summed E-state index contributed by atoms with van der Waals surface area (Å²) in [6.07, 6.45) is 75.0. The van der Waals surface area contributed by atoms with Gasteiger partial charge in [-0.2, -0.15) is 0 Å². The molecule has 3 unspecified atom stereocenters. The number of hydrogen-bond donors (Lipinski definition) is 3. The third kappa shape index (κ3) is 82.4. The van der Waals surface area contributed by atoms with Gasteiger partial charge in [0.05, 0.1) is 26.4 Å². The summed E-state index contributed by atoms with van der Waals surface area (Å²) in [5, 5.41) is 10.7. The lowest BCUT2D eigenvalue weighted by Crippen LogP contribution is -2.30. The highest BCUT2D eigenvalue weighted by Crippen LogP contribution is 2.45. The molecule has 0 radical (unpaired) electrons. The van der Waals surface area contributed by atoms with E-state index in [1.807, 2.05) is 0 Å². The second-order valence-corrected chi connectivity index (χ2v) is 36.0. The average molecular weight is 1590 g/mol. The first-order valence-corrected chi connectivity index (χ1v) is 49.5. The van der Waals surface area contributed by atoms with Crippen molar-refractivity contribution < 1.29 is 80.2 Å². The monoisotopic (exact) mass is 1590 g/mol. The molecule has 0 rings (SSSR count). The summed E-state index contributed by atoms with van der Waals surface area (Å²) in [6, 6.07) is 0. The molecule has 0 bridgehead atoms. The van der Waals surface area contributed by atoms with Gasteiger partial charge in [-0.3, -0.25) is 37.3 Å². The third-order valence-corrected chi connectivity index (χ3v) is 23.5. The maximum absolute atomic E-state index is 13.2. The SMILES string of the molecule is CCCCCCCCCCCCCCCCCCCCCCC(=O)OC[C@H](COP(=O)(O)OC[C@@H](O)COP(=O)(O)OC[C@@H](COC(=O)CCCCCCCCCCCCCCC)OC(=O)CCCCCCCCCCCCCC(C)C)OC(=O)CCCCCCCCCCCCCCCCCCCCC(C)CC. The largest absolute Gasteiger partial charge is 0.472 e. The Morgan fingerprint density at radius 1 is 0.266 bits per heavy atom. The van der Waals surface area contributed by atoms with E-state index < -0.39 is 97.5 Å². The van der Waals surface area contributed by atoms with Crippen molar-refractivity contribution in [1.82, 2.24) is 0 Å². The number of ether oxygens (including phenoxy) is 4. The van der Waals surface area contributed by atoms with Crippen molar-refractivity contribution in [1.29, 1.82) is 0 Å². The highest BCUT2D eigenvalue weighted by Gasteiger charge is 2.31. The van der Waals surface area contributed by atoms with Crippen molar-refractivity contribution in [2.75, 3.05) is 39.6 Å². The van der Waals surface area contributed by atoms with E-state index >= 15 is 0 Å². The lowest BCUT2D eigenvalue weighted by Gasteiger charge is -2.21. The molecule has 0 saturated heterocycles. The zero-order chi connectivity index (χ0) is 79.9. The Kier molecular flexibility index (Phi) is 79.8. The van der Waals surface area contributed by atoms with Crippen LogP contribution in [0.15, 0.2) is 0 Å². The maximum Gasteiger partial charge on any atom is 0.472 e. The molecular weight excluding hydrogens is 1410 g/mol. The molecule has 3 N–H and O–H groups in total. The summed E-state index contributed by atoms with van der Waals surface area (Å²) in [5.74, 6) is -0.460. The van der Waals surface area contributed by atoms with Crippen LogP contribution in [0.25, 0.3) is 0 Å². The van der Waals surface area contributed by atoms with Gasteiger partial charge in [-0.1, -0.05) is 433 Å². The van der Waals surface area contributed by atoms with Crippen LogP contribution >= 0.6 is 15.6 Å². The highest BCUT2D eigenvalue weighted by molar-refractivity contribution is 7.47. The number of carbonyl (C=O) groups excluding carboxylic acids is 4. The zero-order valence-electron chi connectivity index (χ0n) is 71.9. The first kappa shape index (κ1) is 107. The number of esters is 4. The van der Waals surface area contributed by atoms with Crippen molar-refractivity contribution in [3.8, 4) is 0 Å². The van der Waals surface area contributed by atoms with Crippen molar-refractivity contribution in [2.24, 2.45) is 11.8 Å². The van der Waals surface area contributed by atoms with Crippen LogP contribution in [0, 0.1) is 11.8 Å². The van der Waals surface area contributed by atoms with Gasteiger partial charge in [0.15, 0.2) is 12.2 Å². The Morgan fingerprint density at radius 3 is 0.697 bits per heavy atom. The number of phosphoric acid groups is 2. The van der Waals surface area contributed by atoms with Crippen LogP contribution < -0.4 is 0 Å². The van der Waals surface area contributed by atoms with Crippen molar-refractivity contribution in [3.05, 3.63) is 0 Å². The molecule has 0 aliphatic heterocycles. The Morgan fingerprint density at radius 2 is 0.468 bits per heavy atom. The van der Waals surface area contributed by atoms with Gasteiger partial charge in [0, 0.05) is 25.7 Å². The van der Waals surface area contributed by atoms with E-state index in [9.17, 15) is 43.2 Å². The normalized spacial score (nSPS) is 14.0. The molecule has 0 aromatic heterocycles. The highest BCUT2D eigenvalue weighted by atomic mass is 31.2. The first-order chi connectivity index (χ1) is 52.9. The molecule has 0 heterocycles. The summed E-state index contributed by atoms with van der Waals surface area (Å²) >= 11 is 0. The fourth-order valence-corrected chi connectivity index (χ4v) is 15.7. The van der Waals surface area contributed by atoms with Crippen LogP contribution in [0.1, 0.15) is 485 Å². The summed E-state index contributed by atoms with van der Waals surface area (Å²) in [5.41, 5.74) is 0. The predicted molar refractivity (Wildman–Crippen MR) is 451 cm³/mol. The van der Waals surface area contributed by atoms with Gasteiger partial charge in [0.2, 0.25) is 0 Å². The number of carbonyl (C=O) groups is 4. The molecule has 0 saturated carbocycles. The fraction of sp³-hybridized carbons (Fsp3) is 0.956. The zero-order valence-corrected chi connectivity index (χ0v) is 73.7. The van der Waals surface area contributed by atoms with Crippen molar-refractivity contribution in [2.45, 2.75) is 503 Å². The summed E-state index contributed by atoms with van der Waals surface area (Å²) in [7, 11) is -9.93. The quantitative estimate of drug-likeness (QED) is 0.0222. The molecule has 0 fully saturated rings. The van der Waals surface area contributed by atoms with Crippen molar-refractivity contribution >= 4 is 39.5 Å². The van der Waals surface area contributed by atoms with E-state index in [0.29, 0.717) is 25.7 Å². The van der Waals surface area contributed by atoms with Crippen LogP contribution in [-0.2, 0) is 65.4 Å². The number of rotatable bonds is 89. The van der Waals surface area contributed by atoms with Gasteiger partial charge in [-0.05, 0) is 37.5 Å². The minimum absolute atomic E-state index is 0.107. The third-order valence-electron chi connectivity index (χ3n) is 21.6. The Balaban J connectivity index is 5.24. The molecule has 0 aliphatic carbocycles. The summed E-state index contributed by atoms with van der Waals surface area (Å²) in [6.45, 7) is 9.77. The minimum Gasteiger partial charge on any atom is -0.462 e. The van der Waals surface area contributed by atoms with Gasteiger partial charge < -0.3 is 33.8 Å². The van der Waals surface area contributed by atoms with Gasteiger partial charge in [-0.25, -0.2) is 9.13 Å². The standard InChI is InChI=1S/C90H176O17P2/c1-7-10-12-14-16-18-20-22-23-24-25-26-30-33-37-43-49-55-61-67-73-88(93)101-78-85(106-89(94)74-68-62-56-50-44-38-34-31-28-27-29-32-36-41-47-53-59-65-71-83(6)9-3)80-104-108(96,97)102-76-84(91)77-103-109(98,99)105-81-86(79-100-87(92)72-66-60-54-48-42-35-21-19-17-15-13-11-8-2)107-90(95)75-69-63-57-51-45-39-40-46-52-58-64-70-82(4)5/h82-86,91H,7-81H2,1-6H3,(H,96,97)(H,98,99)/t83?,84-,85-,86-/m1/s1. The molecule has 0 aromatic carbocycles. The summed E-state index contributed by atoms with van der Waals surface area (Å²) < 4.78 is 69.0. The van der Waals surface area contributed by atoms with E-state index in [1.165, 1.54) is 302 Å². The van der Waals surface area contributed by atoms with Crippen molar-refractivity contribution in [3.63, 3.8) is 0 Å². The molecule has 0 amide bonds. The fourth-order valence-electron chi connectivity index (χ4n) is 14.1. The number of hydrogen-bond acceptors (Lipinski definition) is 15. The molecule has 0 aliphatic rings. The van der Waals surface area contributed by atoms with E-state index in [2.05, 4.69) is 41.5 Å². The van der Waals surface area contributed by atoms with Crippen LogP contribution in [0.2, 0.25) is 0 Å². The topological polar surface area (TPSA) is 237 Å². The van der Waals surface area contributed by atoms with E-state index in [4.69, 9.17) is 37.0 Å². The molecule has 17 nitrogen and oxygen atoms in total. The van der Waals surface area contributed by atoms with Gasteiger partial charge in [0.25, 0.3) is 0 Å². The van der Waals surface area contributed by atoms with E-state index in [-0.39, 0.29) is 25.7 Å². The molecule has 109 heavy (non-hydrogen) atoms. The number of aliphatic hydroxyl groups excluding tert-OH is 1. The summed E-state index contributed by atoms with van der Waals surface area (Å²) in [4.78, 5) is 73.4. The lowest BCUT2D eigenvalue weighted by molar-refractivity contribution is -0.161. The number of phosphoric ester groups is 2. The molecular formula is C90H176O17P2. The van der Waals surface area contributed by atoms with E-state index in [0.717, 1.165) is 102 Å². The van der Waals surface area contributed by atoms with Gasteiger partial charge >= 0.3 is 39.5 Å². The van der Waals surface area contributed by atoms with Gasteiger partial charge in [0.1, 0.15) is 19.3 Å². The number of unbranched alkanes of at least 4 members (excludes halogenated alkanes) is 58. The Hall–Kier alpha value is -1.94. The molecule has 0 spiro atoms. The number of aliphatic hydroxyl groups is 1. The Bertz CT molecular complexity index is 2080. The lowest BCUT2D eigenvalue weighted by atomic mass is 9.99.